The Labute approximate surface area is 108 Å². The number of rotatable bonds is 4. The van der Waals surface area contributed by atoms with Gasteiger partial charge in [-0.3, -0.25) is 4.79 Å². The van der Waals surface area contributed by atoms with Gasteiger partial charge in [-0.25, -0.2) is 0 Å². The summed E-state index contributed by atoms with van der Waals surface area (Å²) in [7, 11) is 0. The number of hydrogen-bond donors (Lipinski definition) is 1. The minimum absolute atomic E-state index is 0.109. The van der Waals surface area contributed by atoms with Crippen molar-refractivity contribution in [3.8, 4) is 0 Å². The number of carbonyl (C=O) groups excluding carboxylic acids is 1. The molecule has 0 saturated heterocycles. The van der Waals surface area contributed by atoms with Gasteiger partial charge >= 0.3 is 0 Å². The summed E-state index contributed by atoms with van der Waals surface area (Å²) in [5, 5.41) is 3.23. The molecular weight excluding hydrogens is 222 g/mol. The third kappa shape index (κ3) is 2.77. The second-order valence-electron chi connectivity index (χ2n) is 4.41. The first-order chi connectivity index (χ1) is 8.68. The molecule has 0 radical (unpaired) electrons. The quantitative estimate of drug-likeness (QED) is 0.826. The molecule has 0 aliphatic carbocycles. The molecule has 0 heterocycles. The molecule has 2 aromatic rings. The van der Waals surface area contributed by atoms with E-state index >= 15 is 0 Å². The summed E-state index contributed by atoms with van der Waals surface area (Å²) in [5.41, 5.74) is 4.13. The molecule has 1 N–H and O–H groups in total. The third-order valence-corrected chi connectivity index (χ3v) is 3.00. The molecule has 0 amide bonds. The molecule has 18 heavy (non-hydrogen) atoms. The van der Waals surface area contributed by atoms with Gasteiger partial charge in [0.1, 0.15) is 0 Å². The summed E-state index contributed by atoms with van der Waals surface area (Å²) in [5.74, 6) is 0.109. The van der Waals surface area contributed by atoms with Gasteiger partial charge in [0.2, 0.25) is 0 Å². The summed E-state index contributed by atoms with van der Waals surface area (Å²) in [6, 6.07) is 15.5. The molecule has 0 atom stereocenters. The lowest BCUT2D eigenvalue weighted by molar-refractivity contribution is 0.101. The van der Waals surface area contributed by atoms with Crippen LogP contribution in [-0.4, -0.2) is 12.3 Å². The molecule has 2 nitrogen and oxygen atoms in total. The average molecular weight is 239 g/mol. The Morgan fingerprint density at radius 3 is 2.17 bits per heavy atom. The number of benzene rings is 2. The fraction of sp³-hybridized carbons (Fsp3) is 0.188. The summed E-state index contributed by atoms with van der Waals surface area (Å²) in [4.78, 5) is 12.0. The fourth-order valence-corrected chi connectivity index (χ4v) is 1.99. The highest BCUT2D eigenvalue weighted by Gasteiger charge is 2.06. The van der Waals surface area contributed by atoms with Crippen LogP contribution in [0.25, 0.3) is 0 Å². The van der Waals surface area contributed by atoms with Crippen LogP contribution < -0.4 is 5.32 Å². The standard InChI is InChI=1S/C16H17NO/c1-12-7-6-8-13(2)16(12)17-11-15(18)14-9-4-3-5-10-14/h3-10,17H,11H2,1-2H3. The molecule has 0 saturated carbocycles. The highest BCUT2D eigenvalue weighted by Crippen LogP contribution is 2.19. The summed E-state index contributed by atoms with van der Waals surface area (Å²) in [6.07, 6.45) is 0. The maximum atomic E-state index is 12.0. The zero-order chi connectivity index (χ0) is 13.0. The van der Waals surface area contributed by atoms with Crippen molar-refractivity contribution in [2.24, 2.45) is 0 Å². The fourth-order valence-electron chi connectivity index (χ4n) is 1.99. The highest BCUT2D eigenvalue weighted by atomic mass is 16.1. The predicted octanol–water partition coefficient (Wildman–Crippen LogP) is 3.60. The Kier molecular flexibility index (Phi) is 3.78. The van der Waals surface area contributed by atoms with Gasteiger partial charge in [0, 0.05) is 11.3 Å². The van der Waals surface area contributed by atoms with E-state index in [-0.39, 0.29) is 5.78 Å². The van der Waals surface area contributed by atoms with Crippen molar-refractivity contribution < 1.29 is 4.79 Å². The summed E-state index contributed by atoms with van der Waals surface area (Å²) < 4.78 is 0. The number of hydrogen-bond acceptors (Lipinski definition) is 2. The van der Waals surface area contributed by atoms with Gasteiger partial charge in [-0.1, -0.05) is 48.5 Å². The summed E-state index contributed by atoms with van der Waals surface area (Å²) >= 11 is 0. The molecule has 0 fully saturated rings. The Morgan fingerprint density at radius 2 is 1.56 bits per heavy atom. The second-order valence-corrected chi connectivity index (χ2v) is 4.41. The normalized spacial score (nSPS) is 10.1. The number of nitrogens with one attached hydrogen (secondary N) is 1. The lowest BCUT2D eigenvalue weighted by Gasteiger charge is -2.11. The topological polar surface area (TPSA) is 29.1 Å². The number of para-hydroxylation sites is 1. The van der Waals surface area contributed by atoms with E-state index in [1.54, 1.807) is 0 Å². The maximum absolute atomic E-state index is 12.0. The van der Waals surface area contributed by atoms with Crippen molar-refractivity contribution in [3.63, 3.8) is 0 Å². The third-order valence-electron chi connectivity index (χ3n) is 3.00. The van der Waals surface area contributed by atoms with Crippen molar-refractivity contribution in [2.75, 3.05) is 11.9 Å². The lowest BCUT2D eigenvalue weighted by Crippen LogP contribution is -2.15. The van der Waals surface area contributed by atoms with Gasteiger partial charge in [-0.05, 0) is 25.0 Å². The zero-order valence-electron chi connectivity index (χ0n) is 10.7. The molecule has 0 unspecified atom stereocenters. The van der Waals surface area contributed by atoms with E-state index in [1.807, 2.05) is 62.4 Å². The van der Waals surface area contributed by atoms with Crippen LogP contribution in [-0.2, 0) is 0 Å². The van der Waals surface area contributed by atoms with E-state index in [1.165, 1.54) is 0 Å². The van der Waals surface area contributed by atoms with Crippen LogP contribution in [0.15, 0.2) is 48.5 Å². The Bertz CT molecular complexity index is 526. The molecule has 92 valence electrons. The summed E-state index contributed by atoms with van der Waals surface area (Å²) in [6.45, 7) is 4.42. The van der Waals surface area contributed by atoms with Gasteiger partial charge < -0.3 is 5.32 Å². The monoisotopic (exact) mass is 239 g/mol. The van der Waals surface area contributed by atoms with E-state index in [0.717, 1.165) is 22.4 Å². The van der Waals surface area contributed by atoms with Crippen LogP contribution in [0.4, 0.5) is 5.69 Å². The molecule has 2 aromatic carbocycles. The average Bonchev–Trinajstić information content (AvgIpc) is 2.39. The first-order valence-corrected chi connectivity index (χ1v) is 6.07. The number of ketones is 1. The van der Waals surface area contributed by atoms with Gasteiger partial charge in [-0.15, -0.1) is 0 Å². The SMILES string of the molecule is Cc1cccc(C)c1NCC(=O)c1ccccc1. The van der Waals surface area contributed by atoms with Crippen LogP contribution in [0.5, 0.6) is 0 Å². The molecule has 0 aliphatic heterocycles. The van der Waals surface area contributed by atoms with Gasteiger partial charge in [0.05, 0.1) is 6.54 Å². The van der Waals surface area contributed by atoms with E-state index in [2.05, 4.69) is 5.32 Å². The van der Waals surface area contributed by atoms with Crippen LogP contribution in [0.2, 0.25) is 0 Å². The molecule has 0 spiro atoms. The predicted molar refractivity (Wildman–Crippen MR) is 75.2 cm³/mol. The van der Waals surface area contributed by atoms with Gasteiger partial charge in [-0.2, -0.15) is 0 Å². The molecular formula is C16H17NO. The number of Topliss-reactive ketones (excluding diaryl/α,β-unsaturated/α-hetero) is 1. The first kappa shape index (κ1) is 12.4. The molecule has 0 aliphatic rings. The number of carbonyl (C=O) groups is 1. The van der Waals surface area contributed by atoms with Crippen molar-refractivity contribution in [2.45, 2.75) is 13.8 Å². The largest absolute Gasteiger partial charge is 0.377 e. The lowest BCUT2D eigenvalue weighted by atomic mass is 10.1. The van der Waals surface area contributed by atoms with Gasteiger partial charge in [0.25, 0.3) is 0 Å². The highest BCUT2D eigenvalue weighted by molar-refractivity contribution is 5.99. The molecule has 2 heteroatoms. The van der Waals surface area contributed by atoms with E-state index in [0.29, 0.717) is 6.54 Å². The van der Waals surface area contributed by atoms with E-state index in [9.17, 15) is 4.79 Å². The van der Waals surface area contributed by atoms with Crippen molar-refractivity contribution in [1.82, 2.24) is 0 Å². The maximum Gasteiger partial charge on any atom is 0.181 e. The minimum atomic E-state index is 0.109. The second kappa shape index (κ2) is 5.50. The molecule has 2 rings (SSSR count). The van der Waals surface area contributed by atoms with Crippen LogP contribution >= 0.6 is 0 Å². The van der Waals surface area contributed by atoms with Crippen molar-refractivity contribution >= 4 is 11.5 Å². The van der Waals surface area contributed by atoms with Gasteiger partial charge in [0.15, 0.2) is 5.78 Å². The smallest absolute Gasteiger partial charge is 0.181 e. The zero-order valence-corrected chi connectivity index (χ0v) is 10.7. The minimum Gasteiger partial charge on any atom is -0.377 e. The molecule has 0 bridgehead atoms. The van der Waals surface area contributed by atoms with Crippen molar-refractivity contribution in [3.05, 3.63) is 65.2 Å². The van der Waals surface area contributed by atoms with Crippen molar-refractivity contribution in [1.29, 1.82) is 0 Å². The number of anilines is 1. The Hall–Kier alpha value is -2.09. The van der Waals surface area contributed by atoms with Crippen LogP contribution in [0.3, 0.4) is 0 Å². The van der Waals surface area contributed by atoms with E-state index in [4.69, 9.17) is 0 Å². The van der Waals surface area contributed by atoms with E-state index < -0.39 is 0 Å². The first-order valence-electron chi connectivity index (χ1n) is 6.07. The number of aryl methyl sites for hydroxylation is 2. The van der Waals surface area contributed by atoms with Crippen LogP contribution in [0.1, 0.15) is 21.5 Å². The Morgan fingerprint density at radius 1 is 0.944 bits per heavy atom. The molecule has 0 aromatic heterocycles. The van der Waals surface area contributed by atoms with Crippen LogP contribution in [0, 0.1) is 13.8 Å². The Balaban J connectivity index is 2.07.